The maximum atomic E-state index is 12.7. The second-order valence-corrected chi connectivity index (χ2v) is 8.69. The van der Waals surface area contributed by atoms with Gasteiger partial charge in [0.15, 0.2) is 0 Å². The summed E-state index contributed by atoms with van der Waals surface area (Å²) in [5, 5.41) is 3.46. The van der Waals surface area contributed by atoms with Crippen LogP contribution in [0.1, 0.15) is 19.3 Å². The molecule has 0 bridgehead atoms. The predicted octanol–water partition coefficient (Wildman–Crippen LogP) is 1.90. The number of fused-ring (bicyclic) bond motifs is 1. The first-order chi connectivity index (χ1) is 13.7. The highest BCUT2D eigenvalue weighted by Crippen LogP contribution is 2.58. The van der Waals surface area contributed by atoms with E-state index in [-0.39, 0.29) is 11.3 Å². The fourth-order valence-electron chi connectivity index (χ4n) is 5.88. The molecule has 2 unspecified atom stereocenters. The van der Waals surface area contributed by atoms with Crippen molar-refractivity contribution in [3.05, 3.63) is 46.7 Å². The SMILES string of the molecule is COCCN1CCN(C2=CC3=CC4=CCC(=O)C5CNCCC45C3=CC2)CC1. The Morgan fingerprint density at radius 1 is 1.18 bits per heavy atom. The van der Waals surface area contributed by atoms with E-state index in [2.05, 4.69) is 39.4 Å². The highest BCUT2D eigenvalue weighted by atomic mass is 16.5. The minimum absolute atomic E-state index is 0.0448. The second kappa shape index (κ2) is 7.29. The van der Waals surface area contributed by atoms with Crippen molar-refractivity contribution in [1.29, 1.82) is 0 Å². The van der Waals surface area contributed by atoms with Gasteiger partial charge >= 0.3 is 0 Å². The molecule has 1 N–H and O–H groups in total. The molecule has 1 spiro atoms. The molecule has 28 heavy (non-hydrogen) atoms. The molecule has 5 aliphatic rings. The molecule has 2 aliphatic heterocycles. The number of nitrogens with zero attached hydrogens (tertiary/aromatic N) is 2. The van der Waals surface area contributed by atoms with E-state index in [9.17, 15) is 4.79 Å². The predicted molar refractivity (Wildman–Crippen MR) is 110 cm³/mol. The van der Waals surface area contributed by atoms with Gasteiger partial charge in [0.1, 0.15) is 5.78 Å². The molecule has 3 aliphatic carbocycles. The normalized spacial score (nSPS) is 32.7. The Morgan fingerprint density at radius 3 is 2.86 bits per heavy atom. The minimum Gasteiger partial charge on any atom is -0.383 e. The number of piperazine rings is 1. The van der Waals surface area contributed by atoms with Crippen LogP contribution in [-0.2, 0) is 9.53 Å². The van der Waals surface area contributed by atoms with Crippen LogP contribution < -0.4 is 5.32 Å². The third kappa shape index (κ3) is 2.83. The number of carbonyl (C=O) groups excluding carboxylic acids is 1. The van der Waals surface area contributed by atoms with E-state index in [1.165, 1.54) is 22.4 Å². The van der Waals surface area contributed by atoms with Crippen molar-refractivity contribution in [3.8, 4) is 0 Å². The third-order valence-corrected chi connectivity index (χ3v) is 7.40. The molecule has 0 aromatic carbocycles. The number of allylic oxidation sites excluding steroid dienone is 7. The summed E-state index contributed by atoms with van der Waals surface area (Å²) < 4.78 is 5.22. The lowest BCUT2D eigenvalue weighted by atomic mass is 9.59. The Morgan fingerprint density at radius 2 is 2.04 bits per heavy atom. The molecular weight excluding hydrogens is 350 g/mol. The number of hydrogen-bond donors (Lipinski definition) is 1. The van der Waals surface area contributed by atoms with Crippen LogP contribution in [0, 0.1) is 11.3 Å². The Labute approximate surface area is 167 Å². The number of carbonyl (C=O) groups is 1. The van der Waals surface area contributed by atoms with Crippen LogP contribution in [0.2, 0.25) is 0 Å². The molecule has 2 fully saturated rings. The molecule has 5 heteroatoms. The summed E-state index contributed by atoms with van der Waals surface area (Å²) >= 11 is 0. The molecule has 0 aromatic rings. The molecule has 2 saturated heterocycles. The van der Waals surface area contributed by atoms with Crippen molar-refractivity contribution < 1.29 is 9.53 Å². The fraction of sp³-hybridized carbons (Fsp3) is 0.609. The van der Waals surface area contributed by atoms with Gasteiger partial charge in [-0.1, -0.05) is 18.2 Å². The zero-order valence-electron chi connectivity index (χ0n) is 16.9. The molecule has 2 heterocycles. The smallest absolute Gasteiger partial charge is 0.142 e. The lowest BCUT2D eigenvalue weighted by Gasteiger charge is -2.46. The quantitative estimate of drug-likeness (QED) is 0.806. The first-order valence-corrected chi connectivity index (χ1v) is 10.8. The summed E-state index contributed by atoms with van der Waals surface area (Å²) in [5.41, 5.74) is 5.59. The average molecular weight is 382 g/mol. The van der Waals surface area contributed by atoms with Gasteiger partial charge in [-0.2, -0.15) is 0 Å². The highest BCUT2D eigenvalue weighted by molar-refractivity contribution is 5.88. The highest BCUT2D eigenvalue weighted by Gasteiger charge is 2.54. The Hall–Kier alpha value is -1.69. The third-order valence-electron chi connectivity index (χ3n) is 7.40. The summed E-state index contributed by atoms with van der Waals surface area (Å²) in [6.07, 6.45) is 12.1. The van der Waals surface area contributed by atoms with Crippen LogP contribution in [-0.4, -0.2) is 75.1 Å². The van der Waals surface area contributed by atoms with Crippen molar-refractivity contribution in [2.45, 2.75) is 19.3 Å². The van der Waals surface area contributed by atoms with Gasteiger partial charge in [-0.25, -0.2) is 0 Å². The van der Waals surface area contributed by atoms with E-state index in [4.69, 9.17) is 4.74 Å². The van der Waals surface area contributed by atoms with Gasteiger partial charge in [0.2, 0.25) is 0 Å². The maximum absolute atomic E-state index is 12.7. The number of piperidine rings is 1. The lowest BCUT2D eigenvalue weighted by Crippen LogP contribution is -2.51. The zero-order valence-corrected chi connectivity index (χ0v) is 16.9. The molecule has 0 saturated carbocycles. The van der Waals surface area contributed by atoms with Gasteiger partial charge in [-0.05, 0) is 35.8 Å². The lowest BCUT2D eigenvalue weighted by molar-refractivity contribution is -0.126. The molecule has 150 valence electrons. The number of rotatable bonds is 4. The van der Waals surface area contributed by atoms with Crippen molar-refractivity contribution in [2.24, 2.45) is 11.3 Å². The fourth-order valence-corrected chi connectivity index (χ4v) is 5.88. The van der Waals surface area contributed by atoms with Crippen LogP contribution >= 0.6 is 0 Å². The van der Waals surface area contributed by atoms with Crippen molar-refractivity contribution >= 4 is 5.78 Å². The molecule has 5 rings (SSSR count). The molecule has 0 radical (unpaired) electrons. The van der Waals surface area contributed by atoms with Crippen LogP contribution in [0.25, 0.3) is 0 Å². The summed E-state index contributed by atoms with van der Waals surface area (Å²) in [7, 11) is 1.77. The molecule has 0 amide bonds. The van der Waals surface area contributed by atoms with E-state index in [1.807, 2.05) is 0 Å². The minimum atomic E-state index is -0.0448. The number of hydrogen-bond acceptors (Lipinski definition) is 5. The van der Waals surface area contributed by atoms with Crippen molar-refractivity contribution in [2.75, 3.05) is 59.5 Å². The van der Waals surface area contributed by atoms with Crippen molar-refractivity contribution in [3.63, 3.8) is 0 Å². The van der Waals surface area contributed by atoms with E-state index in [0.717, 1.165) is 65.3 Å². The summed E-state index contributed by atoms with van der Waals surface area (Å²) in [6, 6.07) is 0. The van der Waals surface area contributed by atoms with Gasteiger partial charge in [0.25, 0.3) is 0 Å². The second-order valence-electron chi connectivity index (χ2n) is 8.69. The Bertz CT molecular complexity index is 786. The van der Waals surface area contributed by atoms with E-state index >= 15 is 0 Å². The van der Waals surface area contributed by atoms with Crippen LogP contribution in [0.5, 0.6) is 0 Å². The Kier molecular flexibility index (Phi) is 4.77. The molecule has 5 nitrogen and oxygen atoms in total. The monoisotopic (exact) mass is 381 g/mol. The number of ether oxygens (including phenoxy) is 1. The summed E-state index contributed by atoms with van der Waals surface area (Å²) in [4.78, 5) is 17.7. The first kappa shape index (κ1) is 18.3. The summed E-state index contributed by atoms with van der Waals surface area (Å²) in [5.74, 6) is 0.522. The first-order valence-electron chi connectivity index (χ1n) is 10.8. The largest absolute Gasteiger partial charge is 0.383 e. The van der Waals surface area contributed by atoms with Crippen molar-refractivity contribution in [1.82, 2.24) is 15.1 Å². The van der Waals surface area contributed by atoms with Crippen LogP contribution in [0.4, 0.5) is 0 Å². The topological polar surface area (TPSA) is 44.8 Å². The van der Waals surface area contributed by atoms with Gasteiger partial charge in [0.05, 0.1) is 6.61 Å². The number of methoxy groups -OCH3 is 1. The van der Waals surface area contributed by atoms with Crippen LogP contribution in [0.15, 0.2) is 46.7 Å². The van der Waals surface area contributed by atoms with E-state index in [0.29, 0.717) is 12.2 Å². The average Bonchev–Trinajstić information content (AvgIpc) is 3.05. The maximum Gasteiger partial charge on any atom is 0.142 e. The van der Waals surface area contributed by atoms with E-state index < -0.39 is 0 Å². The van der Waals surface area contributed by atoms with E-state index in [1.54, 1.807) is 7.11 Å². The summed E-state index contributed by atoms with van der Waals surface area (Å²) in [6.45, 7) is 8.05. The number of ketones is 1. The number of nitrogens with one attached hydrogen (secondary N) is 1. The molecule has 2 atom stereocenters. The van der Waals surface area contributed by atoms with Gasteiger partial charge in [0, 0.05) is 76.2 Å². The van der Waals surface area contributed by atoms with Crippen LogP contribution in [0.3, 0.4) is 0 Å². The zero-order chi connectivity index (χ0) is 19.1. The van der Waals surface area contributed by atoms with Gasteiger partial charge in [-0.15, -0.1) is 0 Å². The number of Topliss-reactive ketones (excluding diaryl/α,β-unsaturated/α-hetero) is 1. The molecular formula is C23H31N3O2. The Balaban J connectivity index is 1.35. The van der Waals surface area contributed by atoms with Gasteiger partial charge in [-0.3, -0.25) is 9.69 Å². The standard InChI is InChI=1S/C23H31N3O2/c1-28-13-12-25-8-10-26(11-9-25)19-3-4-20-17(15-19)14-18-2-5-22(27)21-16-24-7-6-23(18,20)21/h2,4,14-15,21,24H,3,5-13,16H2,1H3. The van der Waals surface area contributed by atoms with Gasteiger partial charge < -0.3 is 15.0 Å². The molecule has 0 aromatic heterocycles.